The molecule has 0 bridgehead atoms. The SMILES string of the molecule is CCN(c1ccccc1)C1(CN)CCSC1C. The molecule has 1 saturated heterocycles. The molecule has 1 aliphatic heterocycles. The fourth-order valence-corrected chi connectivity index (χ4v) is 4.34. The first kappa shape index (κ1) is 12.8. The zero-order valence-electron chi connectivity index (χ0n) is 10.7. The Morgan fingerprint density at radius 1 is 1.41 bits per heavy atom. The molecular formula is C14H22N2S. The van der Waals surface area contributed by atoms with Crippen molar-refractivity contribution < 1.29 is 0 Å². The van der Waals surface area contributed by atoms with E-state index in [0.717, 1.165) is 13.1 Å². The zero-order chi connectivity index (χ0) is 12.3. The van der Waals surface area contributed by atoms with Gasteiger partial charge in [0.05, 0.1) is 5.54 Å². The van der Waals surface area contributed by atoms with Crippen LogP contribution in [0.25, 0.3) is 0 Å². The maximum absolute atomic E-state index is 6.12. The second-order valence-corrected chi connectivity index (χ2v) is 6.10. The summed E-state index contributed by atoms with van der Waals surface area (Å²) in [5, 5.41) is 0.604. The highest BCUT2D eigenvalue weighted by molar-refractivity contribution is 8.00. The second-order valence-electron chi connectivity index (χ2n) is 4.65. The molecule has 0 saturated carbocycles. The molecule has 0 aromatic heterocycles. The topological polar surface area (TPSA) is 29.3 Å². The van der Waals surface area contributed by atoms with Crippen LogP contribution in [0.5, 0.6) is 0 Å². The fraction of sp³-hybridized carbons (Fsp3) is 0.571. The van der Waals surface area contributed by atoms with E-state index in [1.165, 1.54) is 17.9 Å². The third-order valence-corrected chi connectivity index (χ3v) is 5.31. The number of likely N-dealkylation sites (N-methyl/N-ethyl adjacent to an activating group) is 1. The Labute approximate surface area is 109 Å². The number of thioether (sulfide) groups is 1. The lowest BCUT2D eigenvalue weighted by molar-refractivity contribution is 0.400. The highest BCUT2D eigenvalue weighted by Crippen LogP contribution is 2.41. The van der Waals surface area contributed by atoms with E-state index in [2.05, 4.69) is 49.1 Å². The predicted octanol–water partition coefficient (Wildman–Crippen LogP) is 2.74. The summed E-state index contributed by atoms with van der Waals surface area (Å²) in [5.41, 5.74) is 7.56. The Balaban J connectivity index is 2.34. The van der Waals surface area contributed by atoms with E-state index in [-0.39, 0.29) is 5.54 Å². The summed E-state index contributed by atoms with van der Waals surface area (Å²) < 4.78 is 0. The molecule has 1 fully saturated rings. The smallest absolute Gasteiger partial charge is 0.0647 e. The van der Waals surface area contributed by atoms with Gasteiger partial charge in [-0.2, -0.15) is 11.8 Å². The van der Waals surface area contributed by atoms with Crippen LogP contribution in [0, 0.1) is 0 Å². The molecule has 0 radical (unpaired) electrons. The lowest BCUT2D eigenvalue weighted by atomic mass is 9.89. The molecule has 3 heteroatoms. The molecule has 1 aromatic carbocycles. The maximum atomic E-state index is 6.12. The number of nitrogens with two attached hydrogens (primary N) is 1. The van der Waals surface area contributed by atoms with Gasteiger partial charge in [-0.05, 0) is 31.2 Å². The number of para-hydroxylation sites is 1. The minimum atomic E-state index is 0.140. The van der Waals surface area contributed by atoms with Gasteiger partial charge >= 0.3 is 0 Å². The van der Waals surface area contributed by atoms with Gasteiger partial charge in [-0.15, -0.1) is 0 Å². The summed E-state index contributed by atoms with van der Waals surface area (Å²) >= 11 is 2.05. The van der Waals surface area contributed by atoms with Crippen LogP contribution in [0.15, 0.2) is 30.3 Å². The summed E-state index contributed by atoms with van der Waals surface area (Å²) in [6, 6.07) is 10.7. The Kier molecular flexibility index (Phi) is 4.00. The van der Waals surface area contributed by atoms with Crippen molar-refractivity contribution in [2.45, 2.75) is 31.1 Å². The minimum Gasteiger partial charge on any atom is -0.364 e. The molecule has 2 atom stereocenters. The summed E-state index contributed by atoms with van der Waals surface area (Å²) in [6.45, 7) is 6.30. The summed E-state index contributed by atoms with van der Waals surface area (Å²) in [7, 11) is 0. The van der Waals surface area contributed by atoms with Crippen molar-refractivity contribution in [2.24, 2.45) is 5.73 Å². The van der Waals surface area contributed by atoms with E-state index in [9.17, 15) is 0 Å². The summed E-state index contributed by atoms with van der Waals surface area (Å²) in [4.78, 5) is 2.50. The number of benzene rings is 1. The standard InChI is InChI=1S/C14H22N2S/c1-3-16(13-7-5-4-6-8-13)14(11-15)9-10-17-12(14)2/h4-8,12H,3,9-11,15H2,1-2H3. The molecular weight excluding hydrogens is 228 g/mol. The number of nitrogens with zero attached hydrogens (tertiary/aromatic N) is 1. The zero-order valence-corrected chi connectivity index (χ0v) is 11.5. The highest BCUT2D eigenvalue weighted by atomic mass is 32.2. The highest BCUT2D eigenvalue weighted by Gasteiger charge is 2.44. The van der Waals surface area contributed by atoms with Crippen molar-refractivity contribution in [1.82, 2.24) is 0 Å². The van der Waals surface area contributed by atoms with Gasteiger partial charge in [-0.25, -0.2) is 0 Å². The van der Waals surface area contributed by atoms with Crippen molar-refractivity contribution in [3.63, 3.8) is 0 Å². The van der Waals surface area contributed by atoms with Gasteiger partial charge in [0.2, 0.25) is 0 Å². The van der Waals surface area contributed by atoms with Crippen LogP contribution in [0.2, 0.25) is 0 Å². The lowest BCUT2D eigenvalue weighted by Gasteiger charge is -2.44. The van der Waals surface area contributed by atoms with Crippen LogP contribution in [-0.4, -0.2) is 29.6 Å². The van der Waals surface area contributed by atoms with E-state index < -0.39 is 0 Å². The Morgan fingerprint density at radius 2 is 2.12 bits per heavy atom. The maximum Gasteiger partial charge on any atom is 0.0647 e. The van der Waals surface area contributed by atoms with Gasteiger partial charge in [0.15, 0.2) is 0 Å². The van der Waals surface area contributed by atoms with Crippen molar-refractivity contribution in [3.05, 3.63) is 30.3 Å². The molecule has 94 valence electrons. The number of hydrogen-bond acceptors (Lipinski definition) is 3. The number of anilines is 1. The van der Waals surface area contributed by atoms with Gasteiger partial charge in [0, 0.05) is 24.0 Å². The number of rotatable bonds is 4. The van der Waals surface area contributed by atoms with Gasteiger partial charge in [-0.1, -0.05) is 25.1 Å². The first-order valence-electron chi connectivity index (χ1n) is 6.39. The predicted molar refractivity (Wildman–Crippen MR) is 77.8 cm³/mol. The first-order chi connectivity index (χ1) is 8.24. The third-order valence-electron chi connectivity index (χ3n) is 3.93. The fourth-order valence-electron chi connectivity index (χ4n) is 2.87. The van der Waals surface area contributed by atoms with Crippen molar-refractivity contribution in [3.8, 4) is 0 Å². The molecule has 2 N–H and O–H groups in total. The van der Waals surface area contributed by atoms with E-state index in [1.54, 1.807) is 0 Å². The monoisotopic (exact) mass is 250 g/mol. The Hall–Kier alpha value is -0.670. The lowest BCUT2D eigenvalue weighted by Crippen LogP contribution is -2.57. The van der Waals surface area contributed by atoms with E-state index in [4.69, 9.17) is 5.73 Å². The van der Waals surface area contributed by atoms with Crippen LogP contribution in [0.1, 0.15) is 20.3 Å². The average molecular weight is 250 g/mol. The molecule has 1 heterocycles. The van der Waals surface area contributed by atoms with E-state index >= 15 is 0 Å². The second kappa shape index (κ2) is 5.32. The summed E-state index contributed by atoms with van der Waals surface area (Å²) in [5.74, 6) is 1.22. The molecule has 2 unspecified atom stereocenters. The van der Waals surface area contributed by atoms with E-state index in [1.807, 2.05) is 11.8 Å². The van der Waals surface area contributed by atoms with Crippen LogP contribution >= 0.6 is 11.8 Å². The van der Waals surface area contributed by atoms with Crippen molar-refractivity contribution in [1.29, 1.82) is 0 Å². The summed E-state index contributed by atoms with van der Waals surface area (Å²) in [6.07, 6.45) is 1.19. The van der Waals surface area contributed by atoms with Crippen LogP contribution in [0.3, 0.4) is 0 Å². The molecule has 2 rings (SSSR count). The van der Waals surface area contributed by atoms with Gasteiger partial charge in [0.1, 0.15) is 0 Å². The van der Waals surface area contributed by atoms with Crippen LogP contribution in [-0.2, 0) is 0 Å². The number of hydrogen-bond donors (Lipinski definition) is 1. The van der Waals surface area contributed by atoms with Crippen LogP contribution < -0.4 is 10.6 Å². The molecule has 17 heavy (non-hydrogen) atoms. The Bertz CT molecular complexity index is 354. The van der Waals surface area contributed by atoms with Gasteiger partial charge in [-0.3, -0.25) is 0 Å². The Morgan fingerprint density at radius 3 is 2.59 bits per heavy atom. The quantitative estimate of drug-likeness (QED) is 0.891. The normalized spacial score (nSPS) is 28.3. The third kappa shape index (κ3) is 2.18. The molecule has 0 amide bonds. The largest absolute Gasteiger partial charge is 0.364 e. The minimum absolute atomic E-state index is 0.140. The molecule has 2 nitrogen and oxygen atoms in total. The molecule has 0 aliphatic carbocycles. The first-order valence-corrected chi connectivity index (χ1v) is 7.44. The van der Waals surface area contributed by atoms with Gasteiger partial charge in [0.25, 0.3) is 0 Å². The van der Waals surface area contributed by atoms with Crippen molar-refractivity contribution in [2.75, 3.05) is 23.7 Å². The molecule has 0 spiro atoms. The van der Waals surface area contributed by atoms with Crippen LogP contribution in [0.4, 0.5) is 5.69 Å². The molecule has 1 aliphatic rings. The van der Waals surface area contributed by atoms with Gasteiger partial charge < -0.3 is 10.6 Å². The van der Waals surface area contributed by atoms with E-state index in [0.29, 0.717) is 5.25 Å². The van der Waals surface area contributed by atoms with Crippen molar-refractivity contribution >= 4 is 17.4 Å². The molecule has 1 aromatic rings. The average Bonchev–Trinajstić information content (AvgIpc) is 2.74.